The fourth-order valence-corrected chi connectivity index (χ4v) is 7.22. The van der Waals surface area contributed by atoms with E-state index < -0.39 is 12.1 Å². The van der Waals surface area contributed by atoms with Crippen LogP contribution < -0.4 is 4.90 Å². The Bertz CT molecular complexity index is 1910. The van der Waals surface area contributed by atoms with Gasteiger partial charge in [0.1, 0.15) is 0 Å². The number of fused-ring (bicyclic) bond motifs is 6. The second-order valence-electron chi connectivity index (χ2n) is 12.0. The number of ether oxygens (including phenoxy) is 1. The largest absolute Gasteiger partial charge is 0.451 e. The molecule has 1 aromatic heterocycles. The molecule has 2 heterocycles. The topological polar surface area (TPSA) is 93.6 Å². The highest BCUT2D eigenvalue weighted by molar-refractivity contribution is 6.30. The molecule has 1 aliphatic heterocycles. The number of rotatable bonds is 6. The number of esters is 1. The summed E-state index contributed by atoms with van der Waals surface area (Å²) < 4.78 is 5.66. The molecular formula is C36H29ClN2O5. The van der Waals surface area contributed by atoms with Crippen molar-refractivity contribution >= 4 is 51.8 Å². The fourth-order valence-electron chi connectivity index (χ4n) is 7.09. The lowest BCUT2D eigenvalue weighted by molar-refractivity contribution is -0.123. The van der Waals surface area contributed by atoms with E-state index in [-0.39, 0.29) is 46.8 Å². The monoisotopic (exact) mass is 604 g/mol. The number of amides is 2. The molecule has 4 aromatic rings. The van der Waals surface area contributed by atoms with Gasteiger partial charge in [-0.3, -0.25) is 19.3 Å². The Morgan fingerprint density at radius 3 is 2.36 bits per heavy atom. The fraction of sp³-hybridized carbons (Fsp3) is 0.250. The SMILES string of the molecule is CC1=CC2CC1C1C(=O)N(c3ccc(-c4cc(C(=O)OC(C)C(=O)c5ccc(Cl)cc5)c5cc(C)ccc5n4)cc3)C(=O)C21. The van der Waals surface area contributed by atoms with Crippen LogP contribution in [0.4, 0.5) is 5.69 Å². The Labute approximate surface area is 259 Å². The molecule has 3 aliphatic rings. The first-order valence-electron chi connectivity index (χ1n) is 14.7. The van der Waals surface area contributed by atoms with Crippen LogP contribution in [0.2, 0.25) is 5.02 Å². The second kappa shape index (κ2) is 10.5. The third-order valence-electron chi connectivity index (χ3n) is 9.27. The molecule has 2 bridgehead atoms. The predicted octanol–water partition coefficient (Wildman–Crippen LogP) is 6.99. The van der Waals surface area contributed by atoms with Crippen LogP contribution in [0.25, 0.3) is 22.2 Å². The lowest BCUT2D eigenvalue weighted by Crippen LogP contribution is -2.32. The minimum absolute atomic E-state index is 0.126. The number of nitrogens with zero attached hydrogens (tertiary/aromatic N) is 2. The van der Waals surface area contributed by atoms with Gasteiger partial charge in [-0.25, -0.2) is 9.78 Å². The average Bonchev–Trinajstić information content (AvgIpc) is 3.66. The van der Waals surface area contributed by atoms with E-state index >= 15 is 0 Å². The zero-order chi connectivity index (χ0) is 30.9. The number of ketones is 1. The molecule has 0 spiro atoms. The Morgan fingerprint density at radius 1 is 0.932 bits per heavy atom. The highest BCUT2D eigenvalue weighted by Crippen LogP contribution is 2.56. The molecule has 0 N–H and O–H groups in total. The third-order valence-corrected chi connectivity index (χ3v) is 9.52. The molecule has 7 nitrogen and oxygen atoms in total. The number of hydrogen-bond acceptors (Lipinski definition) is 6. The molecule has 2 aliphatic carbocycles. The van der Waals surface area contributed by atoms with Gasteiger partial charge >= 0.3 is 5.97 Å². The Kier molecular flexibility index (Phi) is 6.74. The maximum absolute atomic E-state index is 13.5. The van der Waals surface area contributed by atoms with E-state index in [1.165, 1.54) is 10.5 Å². The summed E-state index contributed by atoms with van der Waals surface area (Å²) in [5.74, 6) is -1.50. The number of pyridine rings is 1. The number of aromatic nitrogens is 1. The lowest BCUT2D eigenvalue weighted by atomic mass is 9.82. The number of anilines is 1. The summed E-state index contributed by atoms with van der Waals surface area (Å²) in [5.41, 5.74) is 5.17. The van der Waals surface area contributed by atoms with Crippen molar-refractivity contribution in [1.82, 2.24) is 4.98 Å². The summed E-state index contributed by atoms with van der Waals surface area (Å²) in [5, 5.41) is 1.12. The molecule has 1 saturated carbocycles. The maximum atomic E-state index is 13.5. The summed E-state index contributed by atoms with van der Waals surface area (Å²) in [4.78, 5) is 59.4. The lowest BCUT2D eigenvalue weighted by Gasteiger charge is -2.19. The molecule has 7 rings (SSSR count). The zero-order valence-electron chi connectivity index (χ0n) is 24.4. The minimum atomic E-state index is -1.02. The number of imide groups is 1. The van der Waals surface area contributed by atoms with Gasteiger partial charge in [0, 0.05) is 21.5 Å². The first kappa shape index (κ1) is 28.2. The molecule has 220 valence electrons. The summed E-state index contributed by atoms with van der Waals surface area (Å²) in [6, 6.07) is 20.8. The van der Waals surface area contributed by atoms with E-state index in [4.69, 9.17) is 21.3 Å². The maximum Gasteiger partial charge on any atom is 0.339 e. The molecule has 2 fully saturated rings. The molecule has 44 heavy (non-hydrogen) atoms. The summed E-state index contributed by atoms with van der Waals surface area (Å²) in [6.07, 6.45) is 2.02. The Hall–Kier alpha value is -4.62. The van der Waals surface area contributed by atoms with Crippen molar-refractivity contribution in [1.29, 1.82) is 0 Å². The van der Waals surface area contributed by atoms with Crippen molar-refractivity contribution in [2.45, 2.75) is 33.3 Å². The summed E-state index contributed by atoms with van der Waals surface area (Å²) in [7, 11) is 0. The molecular weight excluding hydrogens is 576 g/mol. The van der Waals surface area contributed by atoms with Crippen LogP contribution >= 0.6 is 11.6 Å². The number of hydrogen-bond donors (Lipinski definition) is 0. The normalized spacial score (nSPS) is 22.7. The van der Waals surface area contributed by atoms with Crippen molar-refractivity contribution in [3.05, 3.63) is 106 Å². The number of halogens is 1. The van der Waals surface area contributed by atoms with Gasteiger partial charge < -0.3 is 4.74 Å². The highest BCUT2D eigenvalue weighted by atomic mass is 35.5. The molecule has 8 heteroatoms. The molecule has 1 saturated heterocycles. The molecule has 5 unspecified atom stereocenters. The van der Waals surface area contributed by atoms with E-state index in [0.29, 0.717) is 38.4 Å². The van der Waals surface area contributed by atoms with Crippen molar-refractivity contribution < 1.29 is 23.9 Å². The quantitative estimate of drug-likeness (QED) is 0.102. The van der Waals surface area contributed by atoms with Crippen LogP contribution in [0.5, 0.6) is 0 Å². The van der Waals surface area contributed by atoms with Crippen LogP contribution in [0.3, 0.4) is 0 Å². The summed E-state index contributed by atoms with van der Waals surface area (Å²) >= 11 is 5.95. The number of Topliss-reactive ketones (excluding diaryl/α,β-unsaturated/α-hetero) is 1. The van der Waals surface area contributed by atoms with Crippen molar-refractivity contribution in [2.24, 2.45) is 23.7 Å². The van der Waals surface area contributed by atoms with Crippen molar-refractivity contribution in [3.8, 4) is 11.3 Å². The van der Waals surface area contributed by atoms with Gasteiger partial charge in [0.15, 0.2) is 6.10 Å². The zero-order valence-corrected chi connectivity index (χ0v) is 25.2. The van der Waals surface area contributed by atoms with Gasteiger partial charge in [0.05, 0.1) is 34.3 Å². The van der Waals surface area contributed by atoms with E-state index in [1.807, 2.05) is 25.1 Å². The van der Waals surface area contributed by atoms with E-state index in [9.17, 15) is 19.2 Å². The van der Waals surface area contributed by atoms with E-state index in [0.717, 1.165) is 12.0 Å². The van der Waals surface area contributed by atoms with Gasteiger partial charge in [0.2, 0.25) is 17.6 Å². The third kappa shape index (κ3) is 4.54. The van der Waals surface area contributed by atoms with Crippen LogP contribution in [-0.2, 0) is 14.3 Å². The highest BCUT2D eigenvalue weighted by Gasteiger charge is 2.60. The first-order valence-corrected chi connectivity index (χ1v) is 15.1. The van der Waals surface area contributed by atoms with Gasteiger partial charge in [-0.15, -0.1) is 0 Å². The molecule has 5 atom stereocenters. The molecule has 0 radical (unpaired) electrons. The predicted molar refractivity (Wildman–Crippen MR) is 167 cm³/mol. The molecule has 2 amide bonds. The number of benzene rings is 3. The smallest absolute Gasteiger partial charge is 0.339 e. The van der Waals surface area contributed by atoms with Crippen LogP contribution in [-0.4, -0.2) is 34.7 Å². The van der Waals surface area contributed by atoms with Gasteiger partial charge in [-0.05, 0) is 93.6 Å². The minimum Gasteiger partial charge on any atom is -0.451 e. The van der Waals surface area contributed by atoms with Gasteiger partial charge in [0.25, 0.3) is 0 Å². The second-order valence-corrected chi connectivity index (χ2v) is 12.5. The van der Waals surface area contributed by atoms with Crippen LogP contribution in [0, 0.1) is 30.6 Å². The number of allylic oxidation sites excluding steroid dienone is 2. The van der Waals surface area contributed by atoms with Crippen molar-refractivity contribution in [3.63, 3.8) is 0 Å². The number of carbonyl (C=O) groups excluding carboxylic acids is 4. The average molecular weight is 605 g/mol. The first-order chi connectivity index (χ1) is 21.1. The van der Waals surface area contributed by atoms with Gasteiger partial charge in [-0.2, -0.15) is 0 Å². The van der Waals surface area contributed by atoms with Crippen LogP contribution in [0.1, 0.15) is 46.5 Å². The van der Waals surface area contributed by atoms with Crippen molar-refractivity contribution in [2.75, 3.05) is 4.90 Å². The summed E-state index contributed by atoms with van der Waals surface area (Å²) in [6.45, 7) is 5.52. The van der Waals surface area contributed by atoms with Crippen LogP contribution in [0.15, 0.2) is 84.4 Å². The van der Waals surface area contributed by atoms with E-state index in [2.05, 4.69) is 13.0 Å². The Morgan fingerprint density at radius 2 is 1.64 bits per heavy atom. The Balaban J connectivity index is 1.17. The standard InChI is InChI=1S/C36H29ClN2O5/c1-18-4-13-29-27(14-18)28(36(43)44-20(3)33(40)22-5-9-24(37)10-6-22)17-30(38-29)21-7-11-25(12-8-21)39-34(41)31-23-15-19(2)26(16-23)32(31)35(39)42/h4-15,17,20,23,26,31-32H,16H2,1-3H3. The number of carbonyl (C=O) groups is 4. The molecule has 3 aromatic carbocycles. The van der Waals surface area contributed by atoms with Gasteiger partial charge in [-0.1, -0.05) is 47.0 Å². The number of aryl methyl sites for hydroxylation is 1. The van der Waals surface area contributed by atoms with E-state index in [1.54, 1.807) is 61.5 Å².